The molecule has 0 heterocycles. The van der Waals surface area contributed by atoms with Crippen LogP contribution in [0.2, 0.25) is 5.02 Å². The number of nitro benzene ring substituents is 1. The largest absolute Gasteiger partial charge is 0.492 e. The first kappa shape index (κ1) is 19.5. The van der Waals surface area contributed by atoms with E-state index in [1.54, 1.807) is 24.3 Å². The summed E-state index contributed by atoms with van der Waals surface area (Å²) in [6.07, 6.45) is 0. The van der Waals surface area contributed by atoms with E-state index in [2.05, 4.69) is 0 Å². The van der Waals surface area contributed by atoms with Crippen molar-refractivity contribution in [2.45, 2.75) is 0 Å². The molecule has 0 aliphatic carbocycles. The maximum atomic E-state index is 13.2. The van der Waals surface area contributed by atoms with Crippen molar-refractivity contribution in [1.82, 2.24) is 4.90 Å². The van der Waals surface area contributed by atoms with Gasteiger partial charge in [-0.05, 0) is 30.3 Å². The summed E-state index contributed by atoms with van der Waals surface area (Å²) in [5.41, 5.74) is -0.409. The van der Waals surface area contributed by atoms with Gasteiger partial charge in [0.1, 0.15) is 18.2 Å². The Morgan fingerprint density at radius 3 is 2.58 bits per heavy atom. The van der Waals surface area contributed by atoms with E-state index in [0.717, 1.165) is 18.2 Å². The summed E-state index contributed by atoms with van der Waals surface area (Å²) in [6.45, 7) is 0.0573. The number of nitrogens with zero attached hydrogens (tertiary/aromatic N) is 2. The molecular weight excluding hydrogens is 367 g/mol. The number of likely N-dealkylation sites (N-methyl/N-ethyl adjacent to an activating group) is 1. The van der Waals surface area contributed by atoms with Crippen molar-refractivity contribution in [3.05, 3.63) is 63.4 Å². The van der Waals surface area contributed by atoms with Crippen molar-refractivity contribution in [2.75, 3.05) is 26.8 Å². The normalized spacial score (nSPS) is 10.3. The number of hydrogen-bond acceptors (Lipinski definition) is 5. The Kier molecular flexibility index (Phi) is 6.74. The SMILES string of the molecule is CN(CCOc1ccc(Cl)cc1)C(=O)COc1cc(F)ccc1[N+](=O)[O-]. The highest BCUT2D eigenvalue weighted by molar-refractivity contribution is 6.30. The molecular formula is C17H16ClFN2O5. The molecule has 26 heavy (non-hydrogen) atoms. The fourth-order valence-corrected chi connectivity index (χ4v) is 2.09. The van der Waals surface area contributed by atoms with Gasteiger partial charge in [-0.1, -0.05) is 11.6 Å². The number of ether oxygens (including phenoxy) is 2. The maximum Gasteiger partial charge on any atom is 0.311 e. The maximum absolute atomic E-state index is 13.2. The van der Waals surface area contributed by atoms with E-state index in [4.69, 9.17) is 21.1 Å². The second-order valence-corrected chi connectivity index (χ2v) is 5.71. The van der Waals surface area contributed by atoms with Gasteiger partial charge in [0.15, 0.2) is 6.61 Å². The van der Waals surface area contributed by atoms with Gasteiger partial charge >= 0.3 is 5.69 Å². The molecule has 0 radical (unpaired) electrons. The molecule has 2 aromatic rings. The highest BCUT2D eigenvalue weighted by atomic mass is 35.5. The van der Waals surface area contributed by atoms with E-state index < -0.39 is 28.9 Å². The molecule has 0 aliphatic heterocycles. The van der Waals surface area contributed by atoms with E-state index in [9.17, 15) is 19.3 Å². The number of benzene rings is 2. The van der Waals surface area contributed by atoms with Crippen LogP contribution in [-0.2, 0) is 4.79 Å². The third-order valence-corrected chi connectivity index (χ3v) is 3.66. The quantitative estimate of drug-likeness (QED) is 0.516. The fourth-order valence-electron chi connectivity index (χ4n) is 1.96. The zero-order chi connectivity index (χ0) is 19.1. The first-order valence-corrected chi connectivity index (χ1v) is 7.93. The molecule has 0 unspecified atom stereocenters. The van der Waals surface area contributed by atoms with Crippen LogP contribution in [0.15, 0.2) is 42.5 Å². The second-order valence-electron chi connectivity index (χ2n) is 5.28. The van der Waals surface area contributed by atoms with E-state index in [-0.39, 0.29) is 18.9 Å². The second kappa shape index (κ2) is 9.00. The lowest BCUT2D eigenvalue weighted by molar-refractivity contribution is -0.385. The molecule has 1 amide bonds. The van der Waals surface area contributed by atoms with Gasteiger partial charge in [-0.3, -0.25) is 14.9 Å². The molecule has 0 atom stereocenters. The molecule has 0 spiro atoms. The molecule has 0 N–H and O–H groups in total. The molecule has 0 fully saturated rings. The Hall–Kier alpha value is -2.87. The van der Waals surface area contributed by atoms with E-state index in [0.29, 0.717) is 10.8 Å². The summed E-state index contributed by atoms with van der Waals surface area (Å²) < 4.78 is 23.8. The van der Waals surface area contributed by atoms with Crippen LogP contribution in [0.1, 0.15) is 0 Å². The number of carbonyl (C=O) groups excluding carboxylic acids is 1. The smallest absolute Gasteiger partial charge is 0.311 e. The summed E-state index contributed by atoms with van der Waals surface area (Å²) in [5.74, 6) is -0.804. The van der Waals surface area contributed by atoms with Gasteiger partial charge in [-0.25, -0.2) is 4.39 Å². The van der Waals surface area contributed by atoms with Gasteiger partial charge < -0.3 is 14.4 Å². The summed E-state index contributed by atoms with van der Waals surface area (Å²) in [5, 5.41) is 11.5. The summed E-state index contributed by atoms with van der Waals surface area (Å²) in [6, 6.07) is 9.59. The summed E-state index contributed by atoms with van der Waals surface area (Å²) in [4.78, 5) is 23.6. The Labute approximate surface area is 154 Å². The zero-order valence-electron chi connectivity index (χ0n) is 13.9. The predicted molar refractivity (Wildman–Crippen MR) is 93.1 cm³/mol. The Morgan fingerprint density at radius 2 is 1.92 bits per heavy atom. The van der Waals surface area contributed by atoms with Crippen molar-refractivity contribution in [3.8, 4) is 11.5 Å². The van der Waals surface area contributed by atoms with Crippen LogP contribution in [0.5, 0.6) is 11.5 Å². The van der Waals surface area contributed by atoms with Crippen LogP contribution in [0.4, 0.5) is 10.1 Å². The summed E-state index contributed by atoms with van der Waals surface area (Å²) >= 11 is 5.78. The zero-order valence-corrected chi connectivity index (χ0v) is 14.6. The number of nitro groups is 1. The third-order valence-electron chi connectivity index (χ3n) is 3.40. The fraction of sp³-hybridized carbons (Fsp3) is 0.235. The van der Waals surface area contributed by atoms with Gasteiger partial charge in [0.25, 0.3) is 5.91 Å². The van der Waals surface area contributed by atoms with Crippen molar-refractivity contribution in [3.63, 3.8) is 0 Å². The van der Waals surface area contributed by atoms with Crippen LogP contribution in [0, 0.1) is 15.9 Å². The van der Waals surface area contributed by atoms with E-state index in [1.807, 2.05) is 0 Å². The number of hydrogen-bond donors (Lipinski definition) is 0. The lowest BCUT2D eigenvalue weighted by Gasteiger charge is -2.17. The standard InChI is InChI=1S/C17H16ClFN2O5/c1-20(8-9-25-14-5-2-12(18)3-6-14)17(22)11-26-16-10-13(19)4-7-15(16)21(23)24/h2-7,10H,8-9,11H2,1H3. The number of rotatable bonds is 8. The average molecular weight is 383 g/mol. The Balaban J connectivity index is 1.83. The van der Waals surface area contributed by atoms with Crippen molar-refractivity contribution in [2.24, 2.45) is 0 Å². The van der Waals surface area contributed by atoms with Crippen LogP contribution in [0.3, 0.4) is 0 Å². The molecule has 0 aromatic heterocycles. The van der Waals surface area contributed by atoms with Gasteiger partial charge in [-0.15, -0.1) is 0 Å². The lowest BCUT2D eigenvalue weighted by atomic mass is 10.3. The van der Waals surface area contributed by atoms with Crippen molar-refractivity contribution >= 4 is 23.2 Å². The Bertz CT molecular complexity index is 785. The molecule has 7 nitrogen and oxygen atoms in total. The minimum absolute atomic E-state index is 0.240. The monoisotopic (exact) mass is 382 g/mol. The van der Waals surface area contributed by atoms with E-state index in [1.165, 1.54) is 11.9 Å². The van der Waals surface area contributed by atoms with Crippen molar-refractivity contribution in [1.29, 1.82) is 0 Å². The van der Waals surface area contributed by atoms with Crippen LogP contribution in [-0.4, -0.2) is 42.5 Å². The Morgan fingerprint density at radius 1 is 1.23 bits per heavy atom. The van der Waals surface area contributed by atoms with Gasteiger partial charge in [-0.2, -0.15) is 0 Å². The van der Waals surface area contributed by atoms with Crippen LogP contribution < -0.4 is 9.47 Å². The molecule has 0 bridgehead atoms. The van der Waals surface area contributed by atoms with Gasteiger partial charge in [0.05, 0.1) is 11.5 Å². The predicted octanol–water partition coefficient (Wildman–Crippen LogP) is 3.30. The topological polar surface area (TPSA) is 81.9 Å². The highest BCUT2D eigenvalue weighted by Crippen LogP contribution is 2.27. The van der Waals surface area contributed by atoms with Gasteiger partial charge in [0, 0.05) is 24.2 Å². The molecule has 2 aromatic carbocycles. The number of amides is 1. The molecule has 9 heteroatoms. The minimum atomic E-state index is -0.705. The molecule has 138 valence electrons. The minimum Gasteiger partial charge on any atom is -0.492 e. The number of halogens is 2. The molecule has 0 saturated carbocycles. The first-order valence-electron chi connectivity index (χ1n) is 7.56. The first-order chi connectivity index (χ1) is 12.4. The molecule has 2 rings (SSSR count). The average Bonchev–Trinajstić information content (AvgIpc) is 2.61. The highest BCUT2D eigenvalue weighted by Gasteiger charge is 2.18. The van der Waals surface area contributed by atoms with Gasteiger partial charge in [0.2, 0.25) is 5.75 Å². The van der Waals surface area contributed by atoms with E-state index >= 15 is 0 Å². The number of carbonyl (C=O) groups is 1. The van der Waals surface area contributed by atoms with Crippen LogP contribution >= 0.6 is 11.6 Å². The summed E-state index contributed by atoms with van der Waals surface area (Å²) in [7, 11) is 1.54. The van der Waals surface area contributed by atoms with Crippen molar-refractivity contribution < 1.29 is 23.6 Å². The molecule has 0 saturated heterocycles. The van der Waals surface area contributed by atoms with Crippen LogP contribution in [0.25, 0.3) is 0 Å². The molecule has 0 aliphatic rings. The third kappa shape index (κ3) is 5.59. The lowest BCUT2D eigenvalue weighted by Crippen LogP contribution is -2.34.